The first-order valence-corrected chi connectivity index (χ1v) is 11.2. The van der Waals surface area contributed by atoms with Crippen molar-refractivity contribution in [2.45, 2.75) is 50.2 Å². The van der Waals surface area contributed by atoms with Gasteiger partial charge in [-0.15, -0.1) is 0 Å². The second-order valence-electron chi connectivity index (χ2n) is 6.15. The van der Waals surface area contributed by atoms with Gasteiger partial charge in [-0.3, -0.25) is 0 Å². The SMILES string of the molecule is CC(C)N(C(=O)Oc1ccc([S+](C)C)cc1)C(C)C.O=S(=O)([O-])C(F)(F)F. The first-order chi connectivity index (χ1) is 12.1. The summed E-state index contributed by atoms with van der Waals surface area (Å²) in [6.07, 6.45) is 4.05. The van der Waals surface area contributed by atoms with Gasteiger partial charge in [0.25, 0.3) is 0 Å². The molecule has 0 aliphatic heterocycles. The summed E-state index contributed by atoms with van der Waals surface area (Å²) in [4.78, 5) is 15.1. The summed E-state index contributed by atoms with van der Waals surface area (Å²) in [5.74, 6) is 0.602. The molecule has 27 heavy (non-hydrogen) atoms. The van der Waals surface area contributed by atoms with Gasteiger partial charge < -0.3 is 14.2 Å². The largest absolute Gasteiger partial charge is 0.741 e. The van der Waals surface area contributed by atoms with Crippen molar-refractivity contribution >= 4 is 27.1 Å². The van der Waals surface area contributed by atoms with Crippen LogP contribution in [0.1, 0.15) is 27.7 Å². The normalized spacial score (nSPS) is 12.0. The third-order valence-corrected chi connectivity index (χ3v) is 4.89. The Morgan fingerprint density at radius 3 is 1.70 bits per heavy atom. The van der Waals surface area contributed by atoms with Gasteiger partial charge in [0.05, 0.1) is 0 Å². The van der Waals surface area contributed by atoms with Crippen molar-refractivity contribution in [2.24, 2.45) is 0 Å². The molecule has 11 heteroatoms. The van der Waals surface area contributed by atoms with E-state index in [2.05, 4.69) is 12.5 Å². The van der Waals surface area contributed by atoms with Gasteiger partial charge in [0.2, 0.25) is 0 Å². The molecular formula is C16H24F3NO5S2. The van der Waals surface area contributed by atoms with Gasteiger partial charge >= 0.3 is 11.6 Å². The third-order valence-electron chi connectivity index (χ3n) is 3.11. The molecule has 1 aromatic carbocycles. The Morgan fingerprint density at radius 1 is 1.07 bits per heavy atom. The fourth-order valence-corrected chi connectivity index (χ4v) is 2.63. The van der Waals surface area contributed by atoms with Gasteiger partial charge in [0, 0.05) is 23.0 Å². The summed E-state index contributed by atoms with van der Waals surface area (Å²) in [5.41, 5.74) is -5.65. The molecule has 1 aromatic rings. The smallest absolute Gasteiger partial charge is 0.485 e. The molecule has 0 saturated heterocycles. The Balaban J connectivity index is 0.000000713. The van der Waals surface area contributed by atoms with Crippen LogP contribution in [0.2, 0.25) is 0 Å². The zero-order chi connectivity index (χ0) is 21.6. The maximum Gasteiger partial charge on any atom is 0.485 e. The lowest BCUT2D eigenvalue weighted by Gasteiger charge is -2.29. The molecule has 0 radical (unpaired) electrons. The highest BCUT2D eigenvalue weighted by molar-refractivity contribution is 7.95. The minimum Gasteiger partial charge on any atom is -0.741 e. The lowest BCUT2D eigenvalue weighted by molar-refractivity contribution is -0.0517. The summed E-state index contributed by atoms with van der Waals surface area (Å²) in [6, 6.07) is 8.01. The van der Waals surface area contributed by atoms with Gasteiger partial charge in [-0.2, -0.15) is 13.2 Å². The van der Waals surface area contributed by atoms with Crippen LogP contribution < -0.4 is 4.74 Å². The lowest BCUT2D eigenvalue weighted by atomic mass is 10.2. The van der Waals surface area contributed by atoms with Crippen molar-refractivity contribution in [3.05, 3.63) is 24.3 Å². The molecule has 0 N–H and O–H groups in total. The standard InChI is InChI=1S/C15H24NO2S.CHF3O3S/c1-11(2)16(12(3)4)15(17)18-13-7-9-14(10-8-13)19(5)6;2-1(3,4)8(5,6)7/h7-12H,1-6H3;(H,5,6,7)/q+1;/p-1. The summed E-state index contributed by atoms with van der Waals surface area (Å²) in [7, 11) is -5.86. The van der Waals surface area contributed by atoms with Crippen molar-refractivity contribution in [1.82, 2.24) is 4.90 Å². The number of hydrogen-bond acceptors (Lipinski definition) is 5. The molecule has 1 rings (SSSR count). The van der Waals surface area contributed by atoms with Crippen LogP contribution in [0, 0.1) is 0 Å². The average molecular weight is 431 g/mol. The molecule has 0 heterocycles. The van der Waals surface area contributed by atoms with Crippen molar-refractivity contribution in [1.29, 1.82) is 0 Å². The van der Waals surface area contributed by atoms with Crippen LogP contribution in [0.3, 0.4) is 0 Å². The topological polar surface area (TPSA) is 86.7 Å². The molecule has 0 spiro atoms. The number of carbonyl (C=O) groups excluding carboxylic acids is 1. The minimum atomic E-state index is -6.09. The molecule has 0 saturated carbocycles. The molecule has 156 valence electrons. The fourth-order valence-electron chi connectivity index (χ4n) is 1.95. The van der Waals surface area contributed by atoms with E-state index in [0.29, 0.717) is 5.75 Å². The van der Waals surface area contributed by atoms with Crippen LogP contribution in [-0.4, -0.2) is 54.1 Å². The number of nitrogens with zero attached hydrogens (tertiary/aromatic N) is 1. The van der Waals surface area contributed by atoms with Gasteiger partial charge in [0.15, 0.2) is 15.0 Å². The van der Waals surface area contributed by atoms with Crippen molar-refractivity contribution in [2.75, 3.05) is 12.5 Å². The molecule has 0 aliphatic rings. The Kier molecular flexibility index (Phi) is 9.63. The molecule has 0 aliphatic carbocycles. The van der Waals surface area contributed by atoms with Gasteiger partial charge in [-0.1, -0.05) is 0 Å². The third kappa shape index (κ3) is 8.85. The van der Waals surface area contributed by atoms with E-state index in [0.717, 1.165) is 0 Å². The van der Waals surface area contributed by atoms with Crippen LogP contribution in [0.5, 0.6) is 5.75 Å². The predicted octanol–water partition coefficient (Wildman–Crippen LogP) is 3.59. The highest BCUT2D eigenvalue weighted by atomic mass is 32.2. The molecule has 0 unspecified atom stereocenters. The van der Waals surface area contributed by atoms with E-state index in [-0.39, 0.29) is 29.1 Å². The number of halogens is 3. The molecular weight excluding hydrogens is 407 g/mol. The van der Waals surface area contributed by atoms with Crippen LogP contribution in [0.25, 0.3) is 0 Å². The van der Waals surface area contributed by atoms with Gasteiger partial charge in [0.1, 0.15) is 18.3 Å². The lowest BCUT2D eigenvalue weighted by Crippen LogP contribution is -2.43. The molecule has 0 aromatic heterocycles. The molecule has 0 fully saturated rings. The van der Waals surface area contributed by atoms with Crippen molar-refractivity contribution < 1.29 is 35.7 Å². The van der Waals surface area contributed by atoms with E-state index >= 15 is 0 Å². The van der Waals surface area contributed by atoms with Crippen molar-refractivity contribution in [3.8, 4) is 5.75 Å². The molecule has 0 atom stereocenters. The zero-order valence-corrected chi connectivity index (χ0v) is 17.5. The highest BCUT2D eigenvalue weighted by Gasteiger charge is 2.36. The maximum absolute atomic E-state index is 12.1. The predicted molar refractivity (Wildman–Crippen MR) is 97.8 cm³/mol. The Bertz CT molecular complexity index is 694. The van der Waals surface area contributed by atoms with E-state index < -0.39 is 15.6 Å². The fraction of sp³-hybridized carbons (Fsp3) is 0.562. The van der Waals surface area contributed by atoms with Gasteiger partial charge in [-0.25, -0.2) is 13.2 Å². The number of ether oxygens (including phenoxy) is 1. The number of benzene rings is 1. The van der Waals surface area contributed by atoms with Crippen molar-refractivity contribution in [3.63, 3.8) is 0 Å². The van der Waals surface area contributed by atoms with E-state index in [1.54, 1.807) is 4.90 Å². The van der Waals surface area contributed by atoms with E-state index in [1.165, 1.54) is 4.90 Å². The quantitative estimate of drug-likeness (QED) is 0.413. The van der Waals surface area contributed by atoms with Crippen LogP contribution in [0.4, 0.5) is 18.0 Å². The maximum atomic E-state index is 12.1. The Morgan fingerprint density at radius 2 is 1.44 bits per heavy atom. The monoisotopic (exact) mass is 431 g/mol. The second-order valence-corrected chi connectivity index (χ2v) is 9.63. The number of carbonyl (C=O) groups is 1. The van der Waals surface area contributed by atoms with E-state index in [4.69, 9.17) is 17.7 Å². The first kappa shape index (κ1) is 25.5. The van der Waals surface area contributed by atoms with E-state index in [9.17, 15) is 18.0 Å². The number of amides is 1. The molecule has 1 amide bonds. The van der Waals surface area contributed by atoms with E-state index in [1.807, 2.05) is 52.0 Å². The summed E-state index contributed by atoms with van der Waals surface area (Å²) < 4.78 is 64.3. The Hall–Kier alpha value is -1.46. The van der Waals surface area contributed by atoms with Crippen LogP contribution in [0.15, 0.2) is 29.2 Å². The first-order valence-electron chi connectivity index (χ1n) is 7.77. The average Bonchev–Trinajstić information content (AvgIpc) is 2.45. The Labute approximate surface area is 160 Å². The highest BCUT2D eigenvalue weighted by Crippen LogP contribution is 2.20. The number of rotatable bonds is 4. The second kappa shape index (κ2) is 10.2. The number of alkyl halides is 3. The minimum absolute atomic E-state index is 0.129. The molecule has 0 bridgehead atoms. The zero-order valence-electron chi connectivity index (χ0n) is 15.9. The van der Waals surface area contributed by atoms with Crippen LogP contribution in [-0.2, 0) is 21.0 Å². The van der Waals surface area contributed by atoms with Crippen LogP contribution >= 0.6 is 0 Å². The molecule has 6 nitrogen and oxygen atoms in total. The summed E-state index contributed by atoms with van der Waals surface area (Å²) >= 11 is 0. The summed E-state index contributed by atoms with van der Waals surface area (Å²) in [6.45, 7) is 7.96. The number of hydrogen-bond donors (Lipinski definition) is 0. The van der Waals surface area contributed by atoms with Gasteiger partial charge in [-0.05, 0) is 52.0 Å². The summed E-state index contributed by atoms with van der Waals surface area (Å²) in [5, 5.41) is 0.